The molecule has 9 heteroatoms. The zero-order chi connectivity index (χ0) is 23.2. The average Bonchev–Trinajstić information content (AvgIpc) is 3.48. The van der Waals surface area contributed by atoms with Crippen molar-refractivity contribution in [1.29, 1.82) is 0 Å². The summed E-state index contributed by atoms with van der Waals surface area (Å²) in [5.41, 5.74) is 3.17. The highest BCUT2D eigenvalue weighted by molar-refractivity contribution is 7.15. The van der Waals surface area contributed by atoms with Crippen molar-refractivity contribution in [2.75, 3.05) is 19.5 Å². The highest BCUT2D eigenvalue weighted by Gasteiger charge is 2.14. The molecule has 8 nitrogen and oxygen atoms in total. The fraction of sp³-hybridized carbons (Fsp3) is 0.250. The summed E-state index contributed by atoms with van der Waals surface area (Å²) in [5, 5.41) is 7.43. The number of rotatable bonds is 9. The van der Waals surface area contributed by atoms with Crippen LogP contribution in [0.2, 0.25) is 0 Å². The number of aryl methyl sites for hydroxylation is 2. The van der Waals surface area contributed by atoms with Gasteiger partial charge in [-0.2, -0.15) is 4.98 Å². The van der Waals surface area contributed by atoms with E-state index < -0.39 is 0 Å². The normalized spacial score (nSPS) is 10.8. The number of benzene rings is 2. The van der Waals surface area contributed by atoms with Crippen LogP contribution in [0.1, 0.15) is 28.3 Å². The Kier molecular flexibility index (Phi) is 6.99. The monoisotopic (exact) mass is 464 g/mol. The van der Waals surface area contributed by atoms with Gasteiger partial charge >= 0.3 is 0 Å². The van der Waals surface area contributed by atoms with Gasteiger partial charge in [-0.3, -0.25) is 4.79 Å². The molecule has 4 rings (SSSR count). The first kappa shape index (κ1) is 22.5. The van der Waals surface area contributed by atoms with E-state index in [0.29, 0.717) is 34.8 Å². The van der Waals surface area contributed by atoms with E-state index in [2.05, 4.69) is 51.6 Å². The van der Waals surface area contributed by atoms with E-state index in [-0.39, 0.29) is 12.3 Å². The largest absolute Gasteiger partial charge is 0.493 e. The van der Waals surface area contributed by atoms with Gasteiger partial charge in [0, 0.05) is 35.9 Å². The second-order valence-electron chi connectivity index (χ2n) is 7.42. The van der Waals surface area contributed by atoms with Gasteiger partial charge in [-0.25, -0.2) is 4.98 Å². The molecule has 33 heavy (non-hydrogen) atoms. The molecule has 0 aliphatic heterocycles. The number of nitrogens with zero attached hydrogens (tertiary/aromatic N) is 3. The van der Waals surface area contributed by atoms with Crippen LogP contribution in [-0.2, 0) is 17.6 Å². The Morgan fingerprint density at radius 3 is 2.64 bits per heavy atom. The van der Waals surface area contributed by atoms with Gasteiger partial charge in [0.25, 0.3) is 0 Å². The molecule has 0 radical (unpaired) electrons. The first-order valence-electron chi connectivity index (χ1n) is 10.4. The number of carbonyl (C=O) groups is 1. The number of aromatic nitrogens is 3. The van der Waals surface area contributed by atoms with Crippen LogP contribution in [0.15, 0.2) is 53.2 Å². The summed E-state index contributed by atoms with van der Waals surface area (Å²) in [6, 6.07) is 13.8. The van der Waals surface area contributed by atoms with E-state index >= 15 is 0 Å². The quantitative estimate of drug-likeness (QED) is 0.384. The van der Waals surface area contributed by atoms with Crippen molar-refractivity contribution >= 4 is 22.4 Å². The van der Waals surface area contributed by atoms with Gasteiger partial charge in [0.05, 0.1) is 14.2 Å². The van der Waals surface area contributed by atoms with Crippen LogP contribution in [0.25, 0.3) is 11.4 Å². The molecule has 4 aromatic rings. The lowest BCUT2D eigenvalue weighted by Crippen LogP contribution is -2.12. The van der Waals surface area contributed by atoms with Crippen LogP contribution >= 0.6 is 11.3 Å². The maximum absolute atomic E-state index is 12.4. The van der Waals surface area contributed by atoms with Crippen molar-refractivity contribution < 1.29 is 18.8 Å². The zero-order valence-electron chi connectivity index (χ0n) is 18.6. The van der Waals surface area contributed by atoms with E-state index in [1.54, 1.807) is 32.5 Å². The minimum atomic E-state index is -0.155. The number of thiazole rings is 1. The molecule has 0 unspecified atom stereocenters. The lowest BCUT2D eigenvalue weighted by atomic mass is 10.1. The van der Waals surface area contributed by atoms with E-state index in [1.807, 2.05) is 6.07 Å². The molecule has 170 valence electrons. The molecule has 2 aromatic carbocycles. The van der Waals surface area contributed by atoms with Crippen molar-refractivity contribution in [3.63, 3.8) is 0 Å². The molecule has 0 aliphatic carbocycles. The SMILES string of the molecule is COc1ccc(-c2noc(CCC(=O)Nc3ncc(Cc4ccc(C)cc4)s3)n2)cc1OC. The van der Waals surface area contributed by atoms with Crippen molar-refractivity contribution in [2.24, 2.45) is 0 Å². The maximum atomic E-state index is 12.4. The van der Waals surface area contributed by atoms with E-state index in [0.717, 1.165) is 16.9 Å². The third kappa shape index (κ3) is 5.75. The Bertz CT molecular complexity index is 1230. The number of anilines is 1. The standard InChI is InChI=1S/C24H24N4O4S/c1-15-4-6-16(7-5-15)12-18-14-25-24(33-18)26-21(29)10-11-22-27-23(28-32-22)17-8-9-19(30-2)20(13-17)31-3/h4-9,13-14H,10-12H2,1-3H3,(H,25,26,29). The van der Waals surface area contributed by atoms with Gasteiger partial charge in [0.2, 0.25) is 17.6 Å². The molecule has 0 aliphatic rings. The number of ether oxygens (including phenoxy) is 2. The highest BCUT2D eigenvalue weighted by atomic mass is 32.1. The minimum absolute atomic E-state index is 0.155. The Balaban J connectivity index is 1.30. The maximum Gasteiger partial charge on any atom is 0.227 e. The Hall–Kier alpha value is -3.72. The van der Waals surface area contributed by atoms with Gasteiger partial charge in [-0.1, -0.05) is 35.0 Å². The number of hydrogen-bond acceptors (Lipinski definition) is 8. The second-order valence-corrected chi connectivity index (χ2v) is 8.54. The topological polar surface area (TPSA) is 99.4 Å². The molecule has 0 saturated heterocycles. The molecule has 0 spiro atoms. The second kappa shape index (κ2) is 10.3. The summed E-state index contributed by atoms with van der Waals surface area (Å²) < 4.78 is 15.9. The highest BCUT2D eigenvalue weighted by Crippen LogP contribution is 2.31. The Morgan fingerprint density at radius 2 is 1.88 bits per heavy atom. The van der Waals surface area contributed by atoms with Gasteiger partial charge in [0.1, 0.15) is 0 Å². The average molecular weight is 465 g/mol. The lowest BCUT2D eigenvalue weighted by molar-refractivity contribution is -0.116. The number of amides is 1. The molecule has 0 atom stereocenters. The fourth-order valence-corrected chi connectivity index (χ4v) is 4.07. The van der Waals surface area contributed by atoms with Crippen LogP contribution < -0.4 is 14.8 Å². The smallest absolute Gasteiger partial charge is 0.227 e. The number of methoxy groups -OCH3 is 2. The third-order valence-electron chi connectivity index (χ3n) is 4.97. The van der Waals surface area contributed by atoms with Crippen molar-refractivity contribution in [3.05, 3.63) is 70.6 Å². The van der Waals surface area contributed by atoms with Gasteiger partial charge in [0.15, 0.2) is 16.6 Å². The molecule has 2 heterocycles. The predicted molar refractivity (Wildman–Crippen MR) is 126 cm³/mol. The zero-order valence-corrected chi connectivity index (χ0v) is 19.4. The number of nitrogens with one attached hydrogen (secondary N) is 1. The van der Waals surface area contributed by atoms with Gasteiger partial charge < -0.3 is 19.3 Å². The van der Waals surface area contributed by atoms with Crippen LogP contribution in [0.5, 0.6) is 11.5 Å². The molecular formula is C24H24N4O4S. The molecule has 0 fully saturated rings. The molecular weight excluding hydrogens is 440 g/mol. The van der Waals surface area contributed by atoms with E-state index in [9.17, 15) is 4.79 Å². The molecule has 2 aromatic heterocycles. The van der Waals surface area contributed by atoms with E-state index in [4.69, 9.17) is 14.0 Å². The molecule has 1 amide bonds. The summed E-state index contributed by atoms with van der Waals surface area (Å²) >= 11 is 1.47. The number of carbonyl (C=O) groups excluding carboxylic acids is 1. The van der Waals surface area contributed by atoms with Crippen LogP contribution in [0.4, 0.5) is 5.13 Å². The summed E-state index contributed by atoms with van der Waals surface area (Å²) in [5.74, 6) is 1.84. The van der Waals surface area contributed by atoms with Crippen molar-refractivity contribution in [1.82, 2.24) is 15.1 Å². The first-order valence-corrected chi connectivity index (χ1v) is 11.2. The lowest BCUT2D eigenvalue weighted by Gasteiger charge is -2.07. The Morgan fingerprint density at radius 1 is 1.09 bits per heavy atom. The van der Waals surface area contributed by atoms with Crippen LogP contribution in [-0.4, -0.2) is 35.3 Å². The number of hydrogen-bond donors (Lipinski definition) is 1. The van der Waals surface area contributed by atoms with Crippen molar-refractivity contribution in [3.8, 4) is 22.9 Å². The minimum Gasteiger partial charge on any atom is -0.493 e. The Labute approximate surface area is 195 Å². The summed E-state index contributed by atoms with van der Waals surface area (Å²) in [6.07, 6.45) is 3.12. The van der Waals surface area contributed by atoms with Crippen LogP contribution in [0, 0.1) is 6.92 Å². The van der Waals surface area contributed by atoms with Crippen LogP contribution in [0.3, 0.4) is 0 Å². The molecule has 1 N–H and O–H groups in total. The molecule has 0 saturated carbocycles. The fourth-order valence-electron chi connectivity index (χ4n) is 3.21. The van der Waals surface area contributed by atoms with Crippen molar-refractivity contribution in [2.45, 2.75) is 26.2 Å². The third-order valence-corrected chi connectivity index (χ3v) is 5.89. The predicted octanol–water partition coefficient (Wildman–Crippen LogP) is 4.68. The van der Waals surface area contributed by atoms with Gasteiger partial charge in [-0.05, 0) is 30.7 Å². The molecule has 0 bridgehead atoms. The van der Waals surface area contributed by atoms with Gasteiger partial charge in [-0.15, -0.1) is 11.3 Å². The first-order chi connectivity index (χ1) is 16.0. The summed E-state index contributed by atoms with van der Waals surface area (Å²) in [4.78, 5) is 22.1. The summed E-state index contributed by atoms with van der Waals surface area (Å²) in [7, 11) is 3.14. The summed E-state index contributed by atoms with van der Waals surface area (Å²) in [6.45, 7) is 2.06. The van der Waals surface area contributed by atoms with E-state index in [1.165, 1.54) is 22.5 Å².